The van der Waals surface area contributed by atoms with Gasteiger partial charge in [-0.3, -0.25) is 0 Å². The summed E-state index contributed by atoms with van der Waals surface area (Å²) in [6.07, 6.45) is 0. The largest absolute Gasteiger partial charge is 1.00 e. The SMILES string of the molecule is C=CS(=O)(=O)N=S(=O)(OF)C(F)F.[Li+]. The summed E-state index contributed by atoms with van der Waals surface area (Å²) in [6.45, 7) is 2.68. The van der Waals surface area contributed by atoms with Crippen molar-refractivity contribution >= 4 is 20.0 Å². The van der Waals surface area contributed by atoms with Crippen LogP contribution in [0.3, 0.4) is 0 Å². The van der Waals surface area contributed by atoms with Crippen LogP contribution in [0.2, 0.25) is 0 Å². The molecule has 0 aliphatic carbocycles. The minimum absolute atomic E-state index is 0. The molecule has 0 heterocycles. The topological polar surface area (TPSA) is 72.8 Å². The molecule has 0 aliphatic heterocycles. The van der Waals surface area contributed by atoms with Crippen molar-refractivity contribution in [2.24, 2.45) is 3.77 Å². The second-order valence-corrected chi connectivity index (χ2v) is 5.07. The quantitative estimate of drug-likeness (QED) is 0.536. The first-order valence-electron chi connectivity index (χ1n) is 2.50. The van der Waals surface area contributed by atoms with E-state index >= 15 is 0 Å². The molecule has 0 bridgehead atoms. The van der Waals surface area contributed by atoms with E-state index in [1.807, 2.05) is 3.77 Å². The summed E-state index contributed by atoms with van der Waals surface area (Å²) < 4.78 is 70.4. The van der Waals surface area contributed by atoms with Gasteiger partial charge in [-0.2, -0.15) is 17.2 Å². The molecule has 1 unspecified atom stereocenters. The van der Waals surface area contributed by atoms with Gasteiger partial charge in [0.2, 0.25) is 0 Å². The van der Waals surface area contributed by atoms with Crippen LogP contribution in [0.15, 0.2) is 15.8 Å². The summed E-state index contributed by atoms with van der Waals surface area (Å²) >= 11 is 0. The molecule has 0 radical (unpaired) electrons. The number of halogens is 3. The maximum absolute atomic E-state index is 11.7. The molecule has 78 valence electrons. The molecule has 0 amide bonds. The van der Waals surface area contributed by atoms with E-state index in [1.54, 1.807) is 0 Å². The van der Waals surface area contributed by atoms with Crippen molar-refractivity contribution in [1.29, 1.82) is 0 Å². The fourth-order valence-electron chi connectivity index (χ4n) is 0.247. The van der Waals surface area contributed by atoms with Gasteiger partial charge >= 0.3 is 24.6 Å². The number of sulfonamides is 1. The van der Waals surface area contributed by atoms with E-state index in [-0.39, 0.29) is 24.3 Å². The molecule has 5 nitrogen and oxygen atoms in total. The van der Waals surface area contributed by atoms with E-state index in [2.05, 4.69) is 11.0 Å². The van der Waals surface area contributed by atoms with Gasteiger partial charge in [-0.25, -0.2) is 4.21 Å². The fraction of sp³-hybridized carbons (Fsp3) is 0.333. The molecule has 0 aromatic rings. The van der Waals surface area contributed by atoms with Crippen LogP contribution in [0, 0.1) is 0 Å². The molecular formula is C3H4F3LiNO4S2+. The second kappa shape index (κ2) is 5.77. The summed E-state index contributed by atoms with van der Waals surface area (Å²) in [5, 5.41) is 0.133. The molecule has 0 saturated heterocycles. The first-order chi connectivity index (χ1) is 5.77. The number of alkyl halides is 2. The molecule has 0 aliphatic rings. The first-order valence-corrected chi connectivity index (χ1v) is 5.51. The van der Waals surface area contributed by atoms with Gasteiger partial charge in [0.25, 0.3) is 20.0 Å². The Morgan fingerprint density at radius 3 is 2.00 bits per heavy atom. The van der Waals surface area contributed by atoms with Gasteiger partial charge < -0.3 is 0 Å². The van der Waals surface area contributed by atoms with Crippen LogP contribution in [0.25, 0.3) is 0 Å². The van der Waals surface area contributed by atoms with E-state index in [0.29, 0.717) is 0 Å². The van der Waals surface area contributed by atoms with Crippen LogP contribution in [0.4, 0.5) is 13.3 Å². The van der Waals surface area contributed by atoms with Crippen molar-refractivity contribution in [2.75, 3.05) is 0 Å². The van der Waals surface area contributed by atoms with Crippen molar-refractivity contribution in [2.45, 2.75) is 5.76 Å². The van der Waals surface area contributed by atoms with Gasteiger partial charge in [0.1, 0.15) is 0 Å². The van der Waals surface area contributed by atoms with Crippen LogP contribution in [-0.2, 0) is 24.4 Å². The molecule has 0 saturated carbocycles. The van der Waals surface area contributed by atoms with Gasteiger partial charge in [-0.1, -0.05) is 14.7 Å². The Labute approximate surface area is 90.8 Å². The first kappa shape index (κ1) is 16.4. The summed E-state index contributed by atoms with van der Waals surface area (Å²) in [6, 6.07) is 0. The molecule has 14 heavy (non-hydrogen) atoms. The van der Waals surface area contributed by atoms with Crippen LogP contribution in [-0.4, -0.2) is 18.4 Å². The smallest absolute Gasteiger partial charge is 0.211 e. The van der Waals surface area contributed by atoms with Crippen molar-refractivity contribution in [3.05, 3.63) is 12.0 Å². The number of hydrogen-bond donors (Lipinski definition) is 0. The summed E-state index contributed by atoms with van der Waals surface area (Å²) in [4.78, 5) is 0. The molecule has 0 N–H and O–H groups in total. The molecule has 0 spiro atoms. The molecule has 0 aromatic carbocycles. The van der Waals surface area contributed by atoms with Crippen LogP contribution >= 0.6 is 0 Å². The van der Waals surface area contributed by atoms with Gasteiger partial charge in [0, 0.05) is 5.41 Å². The Morgan fingerprint density at radius 2 is 1.79 bits per heavy atom. The molecule has 11 heteroatoms. The number of rotatable bonds is 4. The standard InChI is InChI=1S/C3H4F3NO4S2.Li/c1-2-12(8,9)7-13(10,11-6)3(4)5;/h2-3H,1H2;/q;+1. The second-order valence-electron chi connectivity index (χ2n) is 1.59. The van der Waals surface area contributed by atoms with Crippen molar-refractivity contribution in [3.63, 3.8) is 0 Å². The Hall–Kier alpha value is -0.0126. The summed E-state index contributed by atoms with van der Waals surface area (Å²) in [5.74, 6) is -3.87. The zero-order valence-corrected chi connectivity index (χ0v) is 8.53. The summed E-state index contributed by atoms with van der Waals surface area (Å²) in [7, 11) is -9.71. The van der Waals surface area contributed by atoms with Crippen LogP contribution in [0.1, 0.15) is 0 Å². The zero-order chi connectivity index (χ0) is 10.7. The van der Waals surface area contributed by atoms with Crippen molar-refractivity contribution in [3.8, 4) is 0 Å². The third kappa shape index (κ3) is 4.47. The van der Waals surface area contributed by atoms with E-state index in [0.717, 1.165) is 0 Å². The maximum Gasteiger partial charge on any atom is 1.00 e. The molecule has 0 aromatic heterocycles. The summed E-state index contributed by atoms with van der Waals surface area (Å²) in [5.41, 5.74) is 0. The van der Waals surface area contributed by atoms with Crippen LogP contribution < -0.4 is 18.9 Å². The van der Waals surface area contributed by atoms with Gasteiger partial charge in [0.05, 0.1) is 0 Å². The average molecular weight is 246 g/mol. The Balaban J connectivity index is 0. The van der Waals surface area contributed by atoms with E-state index in [1.165, 1.54) is 0 Å². The van der Waals surface area contributed by atoms with Gasteiger partial charge in [0.15, 0.2) is 0 Å². The van der Waals surface area contributed by atoms with E-state index in [4.69, 9.17) is 0 Å². The average Bonchev–Trinajstić information content (AvgIpc) is 2.03. The Morgan fingerprint density at radius 1 is 1.36 bits per heavy atom. The van der Waals surface area contributed by atoms with Crippen molar-refractivity contribution in [1.82, 2.24) is 0 Å². The van der Waals surface area contributed by atoms with Gasteiger partial charge in [-0.15, -0.1) is 0 Å². The predicted octanol–water partition coefficient (Wildman–Crippen LogP) is -2.03. The third-order valence-corrected chi connectivity index (χ3v) is 3.45. The fourth-order valence-corrected chi connectivity index (χ4v) is 2.06. The Bertz CT molecular complexity index is 398. The minimum atomic E-state index is -5.15. The molecule has 0 rings (SSSR count). The number of nitrogens with zero attached hydrogens (tertiary/aromatic N) is 1. The zero-order valence-electron chi connectivity index (χ0n) is 6.89. The van der Waals surface area contributed by atoms with E-state index in [9.17, 15) is 25.9 Å². The molecule has 0 fully saturated rings. The Kier molecular flexibility index (Phi) is 6.76. The van der Waals surface area contributed by atoms with Crippen LogP contribution in [0.5, 0.6) is 0 Å². The third-order valence-electron chi connectivity index (χ3n) is 0.734. The minimum Gasteiger partial charge on any atom is -0.211 e. The normalized spacial score (nSPS) is 15.4. The van der Waals surface area contributed by atoms with Gasteiger partial charge in [-0.05, 0) is 4.53 Å². The number of hydrogen-bond acceptors (Lipinski definition) is 4. The monoisotopic (exact) mass is 246 g/mol. The molecular weight excluding hydrogens is 242 g/mol. The van der Waals surface area contributed by atoms with E-state index < -0.39 is 25.8 Å². The maximum atomic E-state index is 11.7. The molecule has 1 atom stereocenters. The van der Waals surface area contributed by atoms with Crippen molar-refractivity contribution < 1.29 is 49.2 Å². The predicted molar refractivity (Wildman–Crippen MR) is 37.9 cm³/mol.